The summed E-state index contributed by atoms with van der Waals surface area (Å²) in [5, 5.41) is 27.3. The summed E-state index contributed by atoms with van der Waals surface area (Å²) in [7, 11) is 1.28. The largest absolute Gasteiger partial charge is 0.504 e. The third-order valence-electron chi connectivity index (χ3n) is 3.49. The van der Waals surface area contributed by atoms with E-state index in [0.717, 1.165) is 0 Å². The van der Waals surface area contributed by atoms with Crippen molar-refractivity contribution in [2.75, 3.05) is 7.11 Å². The Balaban J connectivity index is 2.12. The minimum atomic E-state index is -0.489. The molecule has 0 bridgehead atoms. The normalized spacial score (nSPS) is 10.9. The number of carbonyl (C=O) groups excluding carboxylic acids is 1. The van der Waals surface area contributed by atoms with Gasteiger partial charge in [-0.25, -0.2) is 4.98 Å². The second-order valence-electron chi connectivity index (χ2n) is 5.05. The summed E-state index contributed by atoms with van der Waals surface area (Å²) < 4.78 is 6.19. The van der Waals surface area contributed by atoms with Gasteiger partial charge in [0, 0.05) is 6.20 Å². The Morgan fingerprint density at radius 2 is 2.12 bits per heavy atom. The SMILES string of the molecule is COC(=O)Cc1nc2c(O)cccn2c1N=Nc1ccccc1C#N. The van der Waals surface area contributed by atoms with Crippen molar-refractivity contribution in [3.63, 3.8) is 0 Å². The fourth-order valence-electron chi connectivity index (χ4n) is 2.28. The monoisotopic (exact) mass is 335 g/mol. The van der Waals surface area contributed by atoms with Crippen LogP contribution in [0.5, 0.6) is 5.75 Å². The molecule has 0 spiro atoms. The number of nitriles is 1. The molecule has 2 aromatic heterocycles. The van der Waals surface area contributed by atoms with Gasteiger partial charge in [0.2, 0.25) is 0 Å². The number of rotatable bonds is 4. The van der Waals surface area contributed by atoms with Crippen molar-refractivity contribution in [3.8, 4) is 11.8 Å². The number of benzene rings is 1. The molecule has 0 fully saturated rings. The highest BCUT2D eigenvalue weighted by atomic mass is 16.5. The number of ether oxygens (including phenoxy) is 1. The molecule has 0 aliphatic carbocycles. The van der Waals surface area contributed by atoms with Gasteiger partial charge in [-0.3, -0.25) is 9.20 Å². The van der Waals surface area contributed by atoms with Crippen molar-refractivity contribution in [2.24, 2.45) is 10.2 Å². The van der Waals surface area contributed by atoms with Gasteiger partial charge in [0.25, 0.3) is 0 Å². The van der Waals surface area contributed by atoms with Crippen LogP contribution in [-0.2, 0) is 16.0 Å². The topological polar surface area (TPSA) is 112 Å². The first-order chi connectivity index (χ1) is 12.1. The molecule has 8 heteroatoms. The van der Waals surface area contributed by atoms with Crippen LogP contribution in [0.1, 0.15) is 11.3 Å². The van der Waals surface area contributed by atoms with Crippen LogP contribution in [0.4, 0.5) is 11.5 Å². The molecular formula is C17H13N5O3. The Hall–Kier alpha value is -3.73. The Morgan fingerprint density at radius 3 is 2.88 bits per heavy atom. The number of methoxy groups -OCH3 is 1. The smallest absolute Gasteiger partial charge is 0.311 e. The number of imidazole rings is 1. The van der Waals surface area contributed by atoms with E-state index in [1.54, 1.807) is 36.5 Å². The molecule has 0 amide bonds. The lowest BCUT2D eigenvalue weighted by molar-refractivity contribution is -0.139. The summed E-state index contributed by atoms with van der Waals surface area (Å²) in [5.74, 6) is -0.256. The maximum Gasteiger partial charge on any atom is 0.311 e. The van der Waals surface area contributed by atoms with Gasteiger partial charge in [-0.1, -0.05) is 12.1 Å². The summed E-state index contributed by atoms with van der Waals surface area (Å²) in [5.41, 5.74) is 1.33. The second-order valence-corrected chi connectivity index (χ2v) is 5.05. The minimum Gasteiger partial charge on any atom is -0.504 e. The van der Waals surface area contributed by atoms with Gasteiger partial charge < -0.3 is 9.84 Å². The van der Waals surface area contributed by atoms with Crippen LogP contribution in [0, 0.1) is 11.3 Å². The van der Waals surface area contributed by atoms with Gasteiger partial charge in [-0.15, -0.1) is 10.2 Å². The number of fused-ring (bicyclic) bond motifs is 1. The Labute approximate surface area is 142 Å². The maximum atomic E-state index is 11.6. The molecule has 2 heterocycles. The van der Waals surface area contributed by atoms with Gasteiger partial charge in [-0.05, 0) is 24.3 Å². The van der Waals surface area contributed by atoms with Crippen molar-refractivity contribution >= 4 is 23.1 Å². The highest BCUT2D eigenvalue weighted by molar-refractivity contribution is 5.75. The molecule has 1 N–H and O–H groups in total. The zero-order valence-electron chi connectivity index (χ0n) is 13.2. The number of aromatic nitrogens is 2. The van der Waals surface area contributed by atoms with Gasteiger partial charge in [0.05, 0.1) is 24.8 Å². The number of aromatic hydroxyl groups is 1. The molecular weight excluding hydrogens is 322 g/mol. The predicted octanol–water partition coefficient (Wildman–Crippen LogP) is 3.04. The van der Waals surface area contributed by atoms with Crippen LogP contribution in [0.3, 0.4) is 0 Å². The maximum absolute atomic E-state index is 11.6. The van der Waals surface area contributed by atoms with E-state index in [1.807, 2.05) is 6.07 Å². The van der Waals surface area contributed by atoms with Crippen LogP contribution in [0.15, 0.2) is 52.8 Å². The fraction of sp³-hybridized carbons (Fsp3) is 0.118. The summed E-state index contributed by atoms with van der Waals surface area (Å²) >= 11 is 0. The highest BCUT2D eigenvalue weighted by Gasteiger charge is 2.17. The van der Waals surface area contributed by atoms with Gasteiger partial charge in [0.1, 0.15) is 11.8 Å². The number of carbonyl (C=O) groups is 1. The average molecular weight is 335 g/mol. The molecule has 8 nitrogen and oxygen atoms in total. The zero-order valence-corrected chi connectivity index (χ0v) is 13.2. The number of nitrogens with zero attached hydrogens (tertiary/aromatic N) is 5. The summed E-state index contributed by atoms with van der Waals surface area (Å²) in [6, 6.07) is 11.9. The molecule has 124 valence electrons. The first-order valence-corrected chi connectivity index (χ1v) is 7.30. The van der Waals surface area contributed by atoms with E-state index in [0.29, 0.717) is 16.9 Å². The molecule has 0 saturated carbocycles. The van der Waals surface area contributed by atoms with Crippen molar-refractivity contribution in [3.05, 3.63) is 53.9 Å². The lowest BCUT2D eigenvalue weighted by Gasteiger charge is -2.00. The molecule has 0 aliphatic rings. The van der Waals surface area contributed by atoms with Crippen molar-refractivity contribution in [1.82, 2.24) is 9.38 Å². The molecule has 0 atom stereocenters. The Kier molecular flexibility index (Phi) is 4.39. The first kappa shape index (κ1) is 16.1. The van der Waals surface area contributed by atoms with Crippen molar-refractivity contribution < 1.29 is 14.6 Å². The third kappa shape index (κ3) is 3.16. The fourth-order valence-corrected chi connectivity index (χ4v) is 2.28. The average Bonchev–Trinajstić information content (AvgIpc) is 2.98. The Bertz CT molecular complexity index is 1020. The zero-order chi connectivity index (χ0) is 17.8. The van der Waals surface area contributed by atoms with Crippen molar-refractivity contribution in [1.29, 1.82) is 5.26 Å². The molecule has 25 heavy (non-hydrogen) atoms. The van der Waals surface area contributed by atoms with E-state index in [-0.39, 0.29) is 23.6 Å². The lowest BCUT2D eigenvalue weighted by atomic mass is 10.2. The quantitative estimate of drug-likeness (QED) is 0.581. The van der Waals surface area contributed by atoms with Crippen LogP contribution < -0.4 is 0 Å². The van der Waals surface area contributed by atoms with Gasteiger partial charge >= 0.3 is 5.97 Å². The van der Waals surface area contributed by atoms with Gasteiger partial charge in [-0.2, -0.15) is 5.26 Å². The van der Waals surface area contributed by atoms with Crippen molar-refractivity contribution in [2.45, 2.75) is 6.42 Å². The van der Waals surface area contributed by atoms with Gasteiger partial charge in [0.15, 0.2) is 17.2 Å². The molecule has 0 aliphatic heterocycles. The third-order valence-corrected chi connectivity index (χ3v) is 3.49. The first-order valence-electron chi connectivity index (χ1n) is 7.30. The number of hydrogen-bond donors (Lipinski definition) is 1. The number of esters is 1. The van der Waals surface area contributed by atoms with E-state index in [2.05, 4.69) is 19.9 Å². The molecule has 0 saturated heterocycles. The van der Waals surface area contributed by atoms with Crippen LogP contribution in [0.2, 0.25) is 0 Å². The van der Waals surface area contributed by atoms with Crippen LogP contribution in [-0.4, -0.2) is 27.6 Å². The molecule has 3 aromatic rings. The van der Waals surface area contributed by atoms with E-state index >= 15 is 0 Å². The number of azo groups is 1. The predicted molar refractivity (Wildman–Crippen MR) is 87.9 cm³/mol. The van der Waals surface area contributed by atoms with Crippen LogP contribution >= 0.6 is 0 Å². The number of hydrogen-bond acceptors (Lipinski definition) is 7. The highest BCUT2D eigenvalue weighted by Crippen LogP contribution is 2.29. The standard InChI is InChI=1S/C17H13N5O3/c1-25-15(24)9-13-16(22-8-4-7-14(23)17(22)19-13)21-20-12-6-3-2-5-11(12)10-18/h2-8,23H,9H2,1H3. The summed E-state index contributed by atoms with van der Waals surface area (Å²) in [4.78, 5) is 15.9. The molecule has 0 unspecified atom stereocenters. The van der Waals surface area contributed by atoms with E-state index in [1.165, 1.54) is 17.6 Å². The number of pyridine rings is 1. The molecule has 1 aromatic carbocycles. The Morgan fingerprint density at radius 1 is 1.32 bits per heavy atom. The lowest BCUT2D eigenvalue weighted by Crippen LogP contribution is -2.04. The summed E-state index contributed by atoms with van der Waals surface area (Å²) in [6.45, 7) is 0. The molecule has 0 radical (unpaired) electrons. The van der Waals surface area contributed by atoms with E-state index < -0.39 is 5.97 Å². The van der Waals surface area contributed by atoms with Crippen LogP contribution in [0.25, 0.3) is 5.65 Å². The second kappa shape index (κ2) is 6.80. The minimum absolute atomic E-state index is 0.0486. The van der Waals surface area contributed by atoms with E-state index in [9.17, 15) is 9.90 Å². The summed E-state index contributed by atoms with van der Waals surface area (Å²) in [6.07, 6.45) is 1.53. The molecule has 3 rings (SSSR count). The van der Waals surface area contributed by atoms with E-state index in [4.69, 9.17) is 5.26 Å².